The van der Waals surface area contributed by atoms with E-state index in [4.69, 9.17) is 14.0 Å². The highest BCUT2D eigenvalue weighted by atomic mass is 16.7. The van der Waals surface area contributed by atoms with E-state index < -0.39 is 0 Å². The number of carbonyl (C=O) groups excluding carboxylic acids is 1. The lowest BCUT2D eigenvalue weighted by molar-refractivity contribution is 0.102. The van der Waals surface area contributed by atoms with Crippen LogP contribution in [-0.4, -0.2) is 17.9 Å². The Hall–Kier alpha value is -3.28. The summed E-state index contributed by atoms with van der Waals surface area (Å²) in [4.78, 5) is 12.3. The van der Waals surface area contributed by atoms with E-state index in [9.17, 15) is 4.79 Å². The van der Waals surface area contributed by atoms with Gasteiger partial charge in [0.1, 0.15) is 5.69 Å². The summed E-state index contributed by atoms with van der Waals surface area (Å²) >= 11 is 0. The number of hydrogen-bond acceptors (Lipinski definition) is 5. The van der Waals surface area contributed by atoms with Crippen molar-refractivity contribution in [1.82, 2.24) is 5.16 Å². The second-order valence-electron chi connectivity index (χ2n) is 5.65. The van der Waals surface area contributed by atoms with Gasteiger partial charge in [0, 0.05) is 17.2 Å². The Morgan fingerprint density at radius 1 is 1.08 bits per heavy atom. The first-order chi connectivity index (χ1) is 12.2. The molecular weight excluding hydrogens is 320 g/mol. The van der Waals surface area contributed by atoms with E-state index in [-0.39, 0.29) is 18.6 Å². The number of rotatable bonds is 4. The van der Waals surface area contributed by atoms with Gasteiger partial charge in [-0.15, -0.1) is 0 Å². The Kier molecular flexibility index (Phi) is 3.85. The number of nitrogens with zero attached hydrogens (tertiary/aromatic N) is 1. The normalized spacial score (nSPS) is 12.2. The molecule has 6 heteroatoms. The molecule has 1 aromatic heterocycles. The minimum atomic E-state index is -0.303. The number of anilines is 1. The van der Waals surface area contributed by atoms with Gasteiger partial charge in [0.25, 0.3) is 5.91 Å². The Morgan fingerprint density at radius 3 is 2.68 bits per heavy atom. The van der Waals surface area contributed by atoms with Crippen LogP contribution in [0.15, 0.2) is 53.1 Å². The summed E-state index contributed by atoms with van der Waals surface area (Å²) in [6.07, 6.45) is 0.982. The number of ether oxygens (including phenoxy) is 2. The van der Waals surface area contributed by atoms with Gasteiger partial charge >= 0.3 is 0 Å². The number of benzene rings is 2. The molecule has 6 nitrogen and oxygen atoms in total. The van der Waals surface area contributed by atoms with E-state index in [0.717, 1.165) is 12.0 Å². The highest BCUT2D eigenvalue weighted by Crippen LogP contribution is 2.32. The zero-order valence-electron chi connectivity index (χ0n) is 13.6. The summed E-state index contributed by atoms with van der Waals surface area (Å²) in [7, 11) is 0. The molecule has 1 aliphatic rings. The molecular formula is C19H16N2O4. The van der Waals surface area contributed by atoms with Crippen molar-refractivity contribution in [3.8, 4) is 22.8 Å². The first kappa shape index (κ1) is 15.3. The Balaban J connectivity index is 1.49. The van der Waals surface area contributed by atoms with Crippen LogP contribution >= 0.6 is 0 Å². The molecule has 0 radical (unpaired) electrons. The average Bonchev–Trinajstić information content (AvgIpc) is 3.30. The van der Waals surface area contributed by atoms with E-state index in [1.165, 1.54) is 5.56 Å². The molecule has 4 rings (SSSR count). The highest BCUT2D eigenvalue weighted by Gasteiger charge is 2.17. The fourth-order valence-electron chi connectivity index (χ4n) is 2.60. The monoisotopic (exact) mass is 336 g/mol. The van der Waals surface area contributed by atoms with Gasteiger partial charge in [-0.1, -0.05) is 36.3 Å². The lowest BCUT2D eigenvalue weighted by atomic mass is 10.1. The van der Waals surface area contributed by atoms with Crippen LogP contribution in [0.2, 0.25) is 0 Å². The first-order valence-electron chi connectivity index (χ1n) is 8.00. The van der Waals surface area contributed by atoms with Crippen molar-refractivity contribution in [2.24, 2.45) is 0 Å². The molecule has 2 heterocycles. The molecule has 0 unspecified atom stereocenters. The molecule has 1 aliphatic heterocycles. The lowest BCUT2D eigenvalue weighted by Gasteiger charge is -2.02. The minimum absolute atomic E-state index is 0.169. The van der Waals surface area contributed by atoms with E-state index in [1.807, 2.05) is 12.1 Å². The van der Waals surface area contributed by atoms with Gasteiger partial charge in [0.05, 0.1) is 0 Å². The molecule has 0 saturated heterocycles. The van der Waals surface area contributed by atoms with Crippen molar-refractivity contribution >= 4 is 11.8 Å². The molecule has 0 fully saturated rings. The molecule has 3 aromatic rings. The van der Waals surface area contributed by atoms with Crippen LogP contribution in [0.5, 0.6) is 11.5 Å². The van der Waals surface area contributed by atoms with Gasteiger partial charge in [-0.05, 0) is 30.2 Å². The van der Waals surface area contributed by atoms with Crippen molar-refractivity contribution in [3.63, 3.8) is 0 Å². The smallest absolute Gasteiger partial charge is 0.258 e. The average molecular weight is 336 g/mol. The Labute approximate surface area is 144 Å². The maximum absolute atomic E-state index is 12.3. The van der Waals surface area contributed by atoms with Crippen LogP contribution in [0.25, 0.3) is 11.3 Å². The topological polar surface area (TPSA) is 73.6 Å². The predicted octanol–water partition coefficient (Wildman–Crippen LogP) is 3.89. The largest absolute Gasteiger partial charge is 0.454 e. The quantitative estimate of drug-likeness (QED) is 0.782. The number of amides is 1. The molecule has 2 aromatic carbocycles. The predicted molar refractivity (Wildman–Crippen MR) is 91.8 cm³/mol. The number of aromatic nitrogens is 1. The summed E-state index contributed by atoms with van der Waals surface area (Å²) in [6.45, 7) is 2.28. The lowest BCUT2D eigenvalue weighted by Crippen LogP contribution is -2.11. The molecule has 0 spiro atoms. The van der Waals surface area contributed by atoms with Crippen LogP contribution in [0.3, 0.4) is 0 Å². The van der Waals surface area contributed by atoms with Crippen LogP contribution in [0.1, 0.15) is 22.8 Å². The second kappa shape index (κ2) is 6.32. The maximum Gasteiger partial charge on any atom is 0.258 e. The standard InChI is InChI=1S/C19H16N2O4/c1-2-12-3-5-13(6-4-12)15-10-18(25-21-15)20-19(22)14-7-8-16-17(9-14)24-11-23-16/h3-10H,2,11H2,1H3,(H,20,22). The molecule has 0 atom stereocenters. The van der Waals surface area contributed by atoms with Crippen LogP contribution in [-0.2, 0) is 6.42 Å². The molecule has 0 saturated carbocycles. The van der Waals surface area contributed by atoms with Crippen molar-refractivity contribution in [3.05, 3.63) is 59.7 Å². The third-order valence-electron chi connectivity index (χ3n) is 4.04. The van der Waals surface area contributed by atoms with Crippen LogP contribution < -0.4 is 14.8 Å². The third-order valence-corrected chi connectivity index (χ3v) is 4.04. The van der Waals surface area contributed by atoms with Gasteiger partial charge in [-0.3, -0.25) is 10.1 Å². The number of fused-ring (bicyclic) bond motifs is 1. The molecule has 25 heavy (non-hydrogen) atoms. The van der Waals surface area contributed by atoms with E-state index in [1.54, 1.807) is 24.3 Å². The zero-order chi connectivity index (χ0) is 17.2. The zero-order valence-corrected chi connectivity index (χ0v) is 13.6. The van der Waals surface area contributed by atoms with Crippen LogP contribution in [0.4, 0.5) is 5.88 Å². The minimum Gasteiger partial charge on any atom is -0.454 e. The van der Waals surface area contributed by atoms with Crippen LogP contribution in [0, 0.1) is 0 Å². The Bertz CT molecular complexity index is 915. The highest BCUT2D eigenvalue weighted by molar-refractivity contribution is 6.04. The van der Waals surface area contributed by atoms with Crippen molar-refractivity contribution in [2.75, 3.05) is 12.1 Å². The third kappa shape index (κ3) is 3.06. The van der Waals surface area contributed by atoms with E-state index >= 15 is 0 Å². The fraction of sp³-hybridized carbons (Fsp3) is 0.158. The fourth-order valence-corrected chi connectivity index (χ4v) is 2.60. The first-order valence-corrected chi connectivity index (χ1v) is 8.00. The number of carbonyl (C=O) groups is 1. The number of nitrogens with one attached hydrogen (secondary N) is 1. The second-order valence-corrected chi connectivity index (χ2v) is 5.65. The van der Waals surface area contributed by atoms with E-state index in [0.29, 0.717) is 22.8 Å². The molecule has 0 bridgehead atoms. The summed E-state index contributed by atoms with van der Waals surface area (Å²) in [5.74, 6) is 1.18. The summed E-state index contributed by atoms with van der Waals surface area (Å²) in [6, 6.07) is 14.8. The summed E-state index contributed by atoms with van der Waals surface area (Å²) in [5.41, 5.74) is 3.31. The van der Waals surface area contributed by atoms with Crippen molar-refractivity contribution in [1.29, 1.82) is 0 Å². The van der Waals surface area contributed by atoms with Gasteiger partial charge in [0.15, 0.2) is 11.5 Å². The summed E-state index contributed by atoms with van der Waals surface area (Å²) < 4.78 is 15.7. The maximum atomic E-state index is 12.3. The van der Waals surface area contributed by atoms with Crippen molar-refractivity contribution < 1.29 is 18.8 Å². The summed E-state index contributed by atoms with van der Waals surface area (Å²) in [5, 5.41) is 6.71. The van der Waals surface area contributed by atoms with E-state index in [2.05, 4.69) is 29.5 Å². The van der Waals surface area contributed by atoms with Gasteiger partial charge in [-0.25, -0.2) is 0 Å². The molecule has 0 aliphatic carbocycles. The van der Waals surface area contributed by atoms with Gasteiger partial charge in [0.2, 0.25) is 12.7 Å². The molecule has 126 valence electrons. The molecule has 1 N–H and O–H groups in total. The SMILES string of the molecule is CCc1ccc(-c2cc(NC(=O)c3ccc4c(c3)OCO4)on2)cc1. The van der Waals surface area contributed by atoms with Gasteiger partial charge in [-0.2, -0.15) is 0 Å². The van der Waals surface area contributed by atoms with Crippen molar-refractivity contribution in [2.45, 2.75) is 13.3 Å². The number of hydrogen-bond donors (Lipinski definition) is 1. The number of aryl methyl sites for hydroxylation is 1. The Morgan fingerprint density at radius 2 is 1.88 bits per heavy atom. The molecule has 1 amide bonds. The van der Waals surface area contributed by atoms with Gasteiger partial charge < -0.3 is 14.0 Å².